The first kappa shape index (κ1) is 24.9. The number of aromatic nitrogens is 1. The number of pyridine rings is 1. The van der Waals surface area contributed by atoms with Crippen molar-refractivity contribution < 1.29 is 9.53 Å². The van der Waals surface area contributed by atoms with Gasteiger partial charge in [0.2, 0.25) is 0 Å². The van der Waals surface area contributed by atoms with Gasteiger partial charge in [0.1, 0.15) is 6.61 Å². The zero-order chi connectivity index (χ0) is 20.8. The van der Waals surface area contributed by atoms with Crippen LogP contribution in [0.5, 0.6) is 0 Å². The van der Waals surface area contributed by atoms with Crippen LogP contribution in [0.4, 0.5) is 0 Å². The van der Waals surface area contributed by atoms with Crippen molar-refractivity contribution in [1.82, 2.24) is 4.98 Å². The first-order valence-electron chi connectivity index (χ1n) is 11.3. The molecule has 0 saturated heterocycles. The normalized spacial score (nSPS) is 11.8. The summed E-state index contributed by atoms with van der Waals surface area (Å²) in [5.74, 6) is -0.134. The van der Waals surface area contributed by atoms with Gasteiger partial charge >= 0.3 is 5.97 Å². The molecule has 1 aromatic rings. The van der Waals surface area contributed by atoms with Crippen LogP contribution in [0, 0.1) is 0 Å². The largest absolute Gasteiger partial charge is 0.461 e. The molecule has 0 atom stereocenters. The van der Waals surface area contributed by atoms with E-state index in [1.807, 2.05) is 12.1 Å². The second-order valence-electron chi connectivity index (χ2n) is 7.34. The highest BCUT2D eigenvalue weighted by Crippen LogP contribution is 2.06. The van der Waals surface area contributed by atoms with Gasteiger partial charge in [-0.15, -0.1) is 0 Å². The summed E-state index contributed by atoms with van der Waals surface area (Å²) in [4.78, 5) is 15.7. The lowest BCUT2D eigenvalue weighted by Gasteiger charge is -2.03. The Morgan fingerprint density at radius 1 is 0.897 bits per heavy atom. The van der Waals surface area contributed by atoms with Crippen LogP contribution in [0.15, 0.2) is 61.0 Å². The molecule has 160 valence electrons. The average molecular weight is 398 g/mol. The number of carbonyl (C=O) groups excluding carboxylic acids is 1. The zero-order valence-electron chi connectivity index (χ0n) is 18.2. The van der Waals surface area contributed by atoms with Crippen LogP contribution in [-0.4, -0.2) is 11.0 Å². The molecule has 0 fully saturated rings. The third kappa shape index (κ3) is 16.5. The van der Waals surface area contributed by atoms with Crippen molar-refractivity contribution in [3.05, 3.63) is 66.5 Å². The molecule has 3 nitrogen and oxygen atoms in total. The molecule has 0 spiro atoms. The molecule has 29 heavy (non-hydrogen) atoms. The maximum absolute atomic E-state index is 11.7. The van der Waals surface area contributed by atoms with Crippen molar-refractivity contribution in [2.45, 2.75) is 90.6 Å². The lowest BCUT2D eigenvalue weighted by Crippen LogP contribution is -2.04. The summed E-state index contributed by atoms with van der Waals surface area (Å²) in [6, 6.07) is 3.75. The van der Waals surface area contributed by atoms with Gasteiger partial charge in [-0.05, 0) is 63.9 Å². The number of nitrogens with zero attached hydrogens (tertiary/aromatic N) is 1. The van der Waals surface area contributed by atoms with Gasteiger partial charge in [0, 0.05) is 24.4 Å². The lowest BCUT2D eigenvalue weighted by atomic mass is 10.1. The number of hydrogen-bond acceptors (Lipinski definition) is 3. The SMILES string of the molecule is CCCCC/C=C/C/C=C/CCCC/C=C/CCCC(=O)OCc1cccnc1. The number of unbranched alkanes of at least 4 members (excludes halogenated alkanes) is 7. The molecule has 0 amide bonds. The maximum atomic E-state index is 11.7. The number of allylic oxidation sites excluding steroid dienone is 6. The summed E-state index contributed by atoms with van der Waals surface area (Å²) in [6.07, 6.45) is 30.3. The summed E-state index contributed by atoms with van der Waals surface area (Å²) < 4.78 is 5.24. The van der Waals surface area contributed by atoms with Crippen molar-refractivity contribution in [2.75, 3.05) is 0 Å². The van der Waals surface area contributed by atoms with E-state index < -0.39 is 0 Å². The Labute approximate surface area is 178 Å². The second kappa shape index (κ2) is 19.2. The highest BCUT2D eigenvalue weighted by Gasteiger charge is 2.02. The van der Waals surface area contributed by atoms with Crippen LogP contribution >= 0.6 is 0 Å². The highest BCUT2D eigenvalue weighted by atomic mass is 16.5. The van der Waals surface area contributed by atoms with E-state index in [9.17, 15) is 4.79 Å². The molecule has 0 radical (unpaired) electrons. The van der Waals surface area contributed by atoms with Crippen LogP contribution in [0.25, 0.3) is 0 Å². The predicted octanol–water partition coefficient (Wildman–Crippen LogP) is 7.49. The zero-order valence-corrected chi connectivity index (χ0v) is 18.2. The first-order valence-corrected chi connectivity index (χ1v) is 11.3. The number of hydrogen-bond donors (Lipinski definition) is 0. The summed E-state index contributed by atoms with van der Waals surface area (Å²) in [5.41, 5.74) is 0.925. The van der Waals surface area contributed by atoms with Gasteiger partial charge in [-0.25, -0.2) is 0 Å². The fourth-order valence-electron chi connectivity index (χ4n) is 2.86. The Balaban J connectivity index is 1.87. The monoisotopic (exact) mass is 397 g/mol. The Kier molecular flexibility index (Phi) is 16.4. The van der Waals surface area contributed by atoms with E-state index in [4.69, 9.17) is 4.74 Å². The molecule has 1 rings (SSSR count). The van der Waals surface area contributed by atoms with Gasteiger partial charge in [0.25, 0.3) is 0 Å². The molecule has 0 aliphatic heterocycles. The van der Waals surface area contributed by atoms with E-state index in [-0.39, 0.29) is 5.97 Å². The topological polar surface area (TPSA) is 39.2 Å². The van der Waals surface area contributed by atoms with Crippen LogP contribution in [0.1, 0.15) is 89.5 Å². The molecule has 1 aromatic heterocycles. The van der Waals surface area contributed by atoms with Crippen molar-refractivity contribution in [1.29, 1.82) is 0 Å². The van der Waals surface area contributed by atoms with Gasteiger partial charge in [-0.2, -0.15) is 0 Å². The molecule has 0 N–H and O–H groups in total. The molecule has 0 aliphatic rings. The molecule has 3 heteroatoms. The number of rotatable bonds is 17. The summed E-state index contributed by atoms with van der Waals surface area (Å²) in [6.45, 7) is 2.56. The van der Waals surface area contributed by atoms with Crippen molar-refractivity contribution in [2.24, 2.45) is 0 Å². The van der Waals surface area contributed by atoms with Gasteiger partial charge < -0.3 is 4.74 Å². The van der Waals surface area contributed by atoms with E-state index in [2.05, 4.69) is 48.4 Å². The maximum Gasteiger partial charge on any atom is 0.306 e. The van der Waals surface area contributed by atoms with E-state index in [1.165, 1.54) is 44.9 Å². The van der Waals surface area contributed by atoms with Gasteiger partial charge in [-0.3, -0.25) is 9.78 Å². The molecule has 0 saturated carbocycles. The minimum atomic E-state index is -0.134. The van der Waals surface area contributed by atoms with Crippen LogP contribution in [0.3, 0.4) is 0 Å². The fourth-order valence-corrected chi connectivity index (χ4v) is 2.86. The number of esters is 1. The average Bonchev–Trinajstić information content (AvgIpc) is 2.75. The van der Waals surface area contributed by atoms with Gasteiger partial charge in [0.15, 0.2) is 0 Å². The van der Waals surface area contributed by atoms with Gasteiger partial charge in [0.05, 0.1) is 0 Å². The molecular weight excluding hydrogens is 358 g/mol. The van der Waals surface area contributed by atoms with Crippen LogP contribution < -0.4 is 0 Å². The summed E-state index contributed by atoms with van der Waals surface area (Å²) in [5, 5.41) is 0. The molecule has 1 heterocycles. The fraction of sp³-hybridized carbons (Fsp3) is 0.538. The van der Waals surface area contributed by atoms with Crippen LogP contribution in [0.2, 0.25) is 0 Å². The predicted molar refractivity (Wildman–Crippen MR) is 123 cm³/mol. The Morgan fingerprint density at radius 2 is 1.52 bits per heavy atom. The molecule has 0 aliphatic carbocycles. The van der Waals surface area contributed by atoms with Gasteiger partial charge in [-0.1, -0.05) is 62.3 Å². The summed E-state index contributed by atoms with van der Waals surface area (Å²) in [7, 11) is 0. The standard InChI is InChI=1S/C26H39NO2/c1-2-3-4-5-6-7-8-9-10-11-12-13-14-15-16-17-18-21-26(28)29-24-25-20-19-22-27-23-25/h6-7,9-10,15-16,19-20,22-23H,2-5,8,11-14,17-18,21,24H2,1H3/b7-6+,10-9+,16-15+. The van der Waals surface area contributed by atoms with E-state index in [0.717, 1.165) is 31.2 Å². The van der Waals surface area contributed by atoms with E-state index in [0.29, 0.717) is 13.0 Å². The van der Waals surface area contributed by atoms with Crippen LogP contribution in [-0.2, 0) is 16.1 Å². The third-order valence-corrected chi connectivity index (χ3v) is 4.61. The first-order chi connectivity index (χ1) is 14.3. The Morgan fingerprint density at radius 3 is 2.14 bits per heavy atom. The summed E-state index contributed by atoms with van der Waals surface area (Å²) >= 11 is 0. The molecule has 0 unspecified atom stereocenters. The molecular formula is C26H39NO2. The lowest BCUT2D eigenvalue weighted by molar-refractivity contribution is -0.145. The quantitative estimate of drug-likeness (QED) is 0.155. The highest BCUT2D eigenvalue weighted by molar-refractivity contribution is 5.69. The Bertz CT molecular complexity index is 590. The molecule has 0 aromatic carbocycles. The minimum absolute atomic E-state index is 0.134. The van der Waals surface area contributed by atoms with Crippen molar-refractivity contribution in [3.8, 4) is 0 Å². The second-order valence-corrected chi connectivity index (χ2v) is 7.34. The minimum Gasteiger partial charge on any atom is -0.461 e. The van der Waals surface area contributed by atoms with Crippen molar-refractivity contribution in [3.63, 3.8) is 0 Å². The van der Waals surface area contributed by atoms with Crippen molar-refractivity contribution >= 4 is 5.97 Å². The Hall–Kier alpha value is -2.16. The molecule has 0 bridgehead atoms. The smallest absolute Gasteiger partial charge is 0.306 e. The van der Waals surface area contributed by atoms with E-state index in [1.54, 1.807) is 12.4 Å². The third-order valence-electron chi connectivity index (χ3n) is 4.61. The number of ether oxygens (including phenoxy) is 1. The van der Waals surface area contributed by atoms with E-state index >= 15 is 0 Å². The number of carbonyl (C=O) groups is 1.